The number of ether oxygens (including phenoxy) is 2. The van der Waals surface area contributed by atoms with E-state index in [0.29, 0.717) is 24.5 Å². The molecule has 3 rings (SSSR count). The first kappa shape index (κ1) is 16.1. The number of carbonyl (C=O) groups is 1. The van der Waals surface area contributed by atoms with E-state index >= 15 is 0 Å². The Labute approximate surface area is 135 Å². The lowest BCUT2D eigenvalue weighted by Gasteiger charge is -2.21. The van der Waals surface area contributed by atoms with Crippen molar-refractivity contribution in [2.45, 2.75) is 31.2 Å². The number of hydrogen-bond acceptors (Lipinski definition) is 5. The van der Waals surface area contributed by atoms with Gasteiger partial charge in [0.05, 0.1) is 4.90 Å². The summed E-state index contributed by atoms with van der Waals surface area (Å²) in [5.41, 5.74) is 0. The SMILES string of the molecule is CC(C)N1CC(CNS(=O)(=O)c2ccc3c(c2)OCO3)CC1=O. The van der Waals surface area contributed by atoms with Crippen molar-refractivity contribution in [2.24, 2.45) is 5.92 Å². The second-order valence-corrected chi connectivity index (χ2v) is 7.84. The minimum absolute atomic E-state index is 0.00585. The van der Waals surface area contributed by atoms with Crippen LogP contribution in [0.1, 0.15) is 20.3 Å². The van der Waals surface area contributed by atoms with E-state index in [2.05, 4.69) is 4.72 Å². The van der Waals surface area contributed by atoms with E-state index in [4.69, 9.17) is 9.47 Å². The van der Waals surface area contributed by atoms with Crippen molar-refractivity contribution >= 4 is 15.9 Å². The second kappa shape index (κ2) is 6.01. The van der Waals surface area contributed by atoms with E-state index in [1.54, 1.807) is 11.0 Å². The molecule has 1 fully saturated rings. The van der Waals surface area contributed by atoms with Gasteiger partial charge < -0.3 is 14.4 Å². The van der Waals surface area contributed by atoms with E-state index in [9.17, 15) is 13.2 Å². The van der Waals surface area contributed by atoms with Crippen molar-refractivity contribution in [3.05, 3.63) is 18.2 Å². The van der Waals surface area contributed by atoms with Crippen molar-refractivity contribution < 1.29 is 22.7 Å². The van der Waals surface area contributed by atoms with Crippen LogP contribution in [-0.2, 0) is 14.8 Å². The van der Waals surface area contributed by atoms with Gasteiger partial charge in [-0.05, 0) is 31.9 Å². The summed E-state index contributed by atoms with van der Waals surface area (Å²) >= 11 is 0. The van der Waals surface area contributed by atoms with Crippen LogP contribution in [0.4, 0.5) is 0 Å². The number of amides is 1. The predicted octanol–water partition coefficient (Wildman–Crippen LogP) is 0.950. The van der Waals surface area contributed by atoms with Crippen LogP contribution < -0.4 is 14.2 Å². The Morgan fingerprint density at radius 3 is 2.74 bits per heavy atom. The summed E-state index contributed by atoms with van der Waals surface area (Å²) in [5, 5.41) is 0. The Morgan fingerprint density at radius 1 is 1.30 bits per heavy atom. The molecule has 1 atom stereocenters. The summed E-state index contributed by atoms with van der Waals surface area (Å²) in [6.07, 6.45) is 0.377. The Morgan fingerprint density at radius 2 is 2.04 bits per heavy atom. The number of sulfonamides is 1. The summed E-state index contributed by atoms with van der Waals surface area (Å²) in [6.45, 7) is 4.83. The third-order valence-electron chi connectivity index (χ3n) is 4.08. The molecule has 2 heterocycles. The molecule has 0 bridgehead atoms. The molecular formula is C15H20N2O5S. The van der Waals surface area contributed by atoms with Gasteiger partial charge in [-0.15, -0.1) is 0 Å². The van der Waals surface area contributed by atoms with Gasteiger partial charge in [-0.1, -0.05) is 0 Å². The molecule has 7 nitrogen and oxygen atoms in total. The van der Waals surface area contributed by atoms with Gasteiger partial charge in [-0.3, -0.25) is 4.79 Å². The monoisotopic (exact) mass is 340 g/mol. The van der Waals surface area contributed by atoms with Crippen LogP contribution in [0.2, 0.25) is 0 Å². The molecule has 8 heteroatoms. The Balaban J connectivity index is 1.65. The molecule has 1 saturated heterocycles. The highest BCUT2D eigenvalue weighted by Crippen LogP contribution is 2.33. The lowest BCUT2D eigenvalue weighted by atomic mass is 10.1. The highest BCUT2D eigenvalue weighted by Gasteiger charge is 2.32. The molecule has 0 aromatic heterocycles. The zero-order valence-corrected chi connectivity index (χ0v) is 13.9. The summed E-state index contributed by atoms with van der Waals surface area (Å²) < 4.78 is 37.7. The predicted molar refractivity (Wildman–Crippen MR) is 82.7 cm³/mol. The largest absolute Gasteiger partial charge is 0.454 e. The van der Waals surface area contributed by atoms with Crippen LogP contribution in [0.15, 0.2) is 23.1 Å². The molecule has 0 saturated carbocycles. The fraction of sp³-hybridized carbons (Fsp3) is 0.533. The summed E-state index contributed by atoms with van der Waals surface area (Å²) in [5.74, 6) is 1.04. The first-order chi connectivity index (χ1) is 10.9. The zero-order chi connectivity index (χ0) is 16.6. The van der Waals surface area contributed by atoms with Gasteiger partial charge in [0.15, 0.2) is 11.5 Å². The molecule has 1 unspecified atom stereocenters. The molecule has 0 spiro atoms. The number of rotatable bonds is 5. The maximum absolute atomic E-state index is 12.4. The summed E-state index contributed by atoms with van der Waals surface area (Å²) in [6, 6.07) is 4.65. The molecular weight excluding hydrogens is 320 g/mol. The molecule has 126 valence electrons. The molecule has 1 aromatic rings. The van der Waals surface area contributed by atoms with Gasteiger partial charge in [0.25, 0.3) is 0 Å². The van der Waals surface area contributed by atoms with Gasteiger partial charge in [0.1, 0.15) is 0 Å². The smallest absolute Gasteiger partial charge is 0.240 e. The van der Waals surface area contributed by atoms with Gasteiger partial charge >= 0.3 is 0 Å². The van der Waals surface area contributed by atoms with Gasteiger partial charge in [-0.2, -0.15) is 0 Å². The molecule has 23 heavy (non-hydrogen) atoms. The minimum atomic E-state index is -3.64. The third-order valence-corrected chi connectivity index (χ3v) is 5.50. The number of nitrogens with zero attached hydrogens (tertiary/aromatic N) is 1. The van der Waals surface area contributed by atoms with Crippen LogP contribution in [0, 0.1) is 5.92 Å². The number of likely N-dealkylation sites (tertiary alicyclic amines) is 1. The van der Waals surface area contributed by atoms with Crippen molar-refractivity contribution in [3.8, 4) is 11.5 Å². The van der Waals surface area contributed by atoms with Crippen molar-refractivity contribution in [2.75, 3.05) is 19.9 Å². The van der Waals surface area contributed by atoms with Crippen LogP contribution in [-0.4, -0.2) is 45.1 Å². The average molecular weight is 340 g/mol. The topological polar surface area (TPSA) is 84.9 Å². The Hall–Kier alpha value is -1.80. The normalized spacial score (nSPS) is 20.6. The quantitative estimate of drug-likeness (QED) is 0.863. The maximum atomic E-state index is 12.4. The van der Waals surface area contributed by atoms with Crippen LogP contribution >= 0.6 is 0 Å². The molecule has 1 N–H and O–H groups in total. The molecule has 1 amide bonds. The van der Waals surface area contributed by atoms with Crippen molar-refractivity contribution in [1.82, 2.24) is 9.62 Å². The van der Waals surface area contributed by atoms with Crippen molar-refractivity contribution in [1.29, 1.82) is 0 Å². The fourth-order valence-corrected chi connectivity index (χ4v) is 3.93. The van der Waals surface area contributed by atoms with E-state index in [1.165, 1.54) is 12.1 Å². The van der Waals surface area contributed by atoms with E-state index in [-0.39, 0.29) is 36.1 Å². The number of benzene rings is 1. The average Bonchev–Trinajstić information content (AvgIpc) is 3.10. The molecule has 2 aliphatic rings. The molecule has 0 aliphatic carbocycles. The highest BCUT2D eigenvalue weighted by molar-refractivity contribution is 7.89. The first-order valence-corrected chi connectivity index (χ1v) is 9.04. The van der Waals surface area contributed by atoms with E-state index < -0.39 is 10.0 Å². The second-order valence-electron chi connectivity index (χ2n) is 6.08. The number of nitrogens with one attached hydrogen (secondary N) is 1. The zero-order valence-electron chi connectivity index (χ0n) is 13.1. The Bertz CT molecular complexity index is 717. The molecule has 0 radical (unpaired) electrons. The number of hydrogen-bond donors (Lipinski definition) is 1. The number of carbonyl (C=O) groups excluding carboxylic acids is 1. The van der Waals surface area contributed by atoms with Crippen molar-refractivity contribution in [3.63, 3.8) is 0 Å². The van der Waals surface area contributed by atoms with E-state index in [1.807, 2.05) is 13.8 Å². The van der Waals surface area contributed by atoms with Crippen LogP contribution in [0.5, 0.6) is 11.5 Å². The summed E-state index contributed by atoms with van der Waals surface area (Å²) in [7, 11) is -3.64. The summed E-state index contributed by atoms with van der Waals surface area (Å²) in [4.78, 5) is 13.8. The third kappa shape index (κ3) is 3.28. The minimum Gasteiger partial charge on any atom is -0.454 e. The lowest BCUT2D eigenvalue weighted by molar-refractivity contribution is -0.129. The number of fused-ring (bicyclic) bond motifs is 1. The lowest BCUT2D eigenvalue weighted by Crippen LogP contribution is -2.34. The van der Waals surface area contributed by atoms with Gasteiger partial charge in [0, 0.05) is 31.6 Å². The van der Waals surface area contributed by atoms with Gasteiger partial charge in [0.2, 0.25) is 22.7 Å². The molecule has 1 aromatic carbocycles. The van der Waals surface area contributed by atoms with Crippen LogP contribution in [0.25, 0.3) is 0 Å². The Kier molecular flexibility index (Phi) is 4.20. The first-order valence-electron chi connectivity index (χ1n) is 7.55. The van der Waals surface area contributed by atoms with Crippen LogP contribution in [0.3, 0.4) is 0 Å². The van der Waals surface area contributed by atoms with E-state index in [0.717, 1.165) is 0 Å². The van der Waals surface area contributed by atoms with Gasteiger partial charge in [-0.25, -0.2) is 13.1 Å². The highest BCUT2D eigenvalue weighted by atomic mass is 32.2. The fourth-order valence-electron chi connectivity index (χ4n) is 2.80. The standard InChI is InChI=1S/C15H20N2O5S/c1-10(2)17-8-11(5-15(17)18)7-16-23(19,20)12-3-4-13-14(6-12)22-9-21-13/h3-4,6,10-11,16H,5,7-9H2,1-2H3. The molecule has 2 aliphatic heterocycles. The maximum Gasteiger partial charge on any atom is 0.240 e.